The van der Waals surface area contributed by atoms with E-state index in [1.54, 1.807) is 23.5 Å². The van der Waals surface area contributed by atoms with Crippen molar-refractivity contribution >= 4 is 56.6 Å². The van der Waals surface area contributed by atoms with Crippen molar-refractivity contribution in [3.05, 3.63) is 41.1 Å². The van der Waals surface area contributed by atoms with Gasteiger partial charge in [-0.15, -0.1) is 11.3 Å². The molecular weight excluding hydrogens is 340 g/mol. The molecule has 1 atom stereocenters. The maximum atomic E-state index is 12.2. The third-order valence-corrected chi connectivity index (χ3v) is 5.21. The Morgan fingerprint density at radius 3 is 2.95 bits per heavy atom. The quantitative estimate of drug-likeness (QED) is 0.571. The highest BCUT2D eigenvalue weighted by molar-refractivity contribution is 8.00. The number of pyridine rings is 1. The van der Waals surface area contributed by atoms with Crippen molar-refractivity contribution in [2.75, 3.05) is 5.32 Å². The molecule has 3 aromatic rings. The summed E-state index contributed by atoms with van der Waals surface area (Å²) in [5.41, 5.74) is 0.898. The van der Waals surface area contributed by atoms with Crippen LogP contribution < -0.4 is 5.32 Å². The van der Waals surface area contributed by atoms with Crippen LogP contribution in [0.1, 0.15) is 6.92 Å². The van der Waals surface area contributed by atoms with Crippen LogP contribution in [0.3, 0.4) is 0 Å². The van der Waals surface area contributed by atoms with Gasteiger partial charge in [0.25, 0.3) is 0 Å². The zero-order valence-electron chi connectivity index (χ0n) is 11.5. The number of hydrogen-bond acceptors (Lipinski definition) is 6. The molecule has 0 bridgehead atoms. The lowest BCUT2D eigenvalue weighted by molar-refractivity contribution is -0.115. The predicted octanol–water partition coefficient (Wildman–Crippen LogP) is 3.86. The first-order valence-electron chi connectivity index (χ1n) is 6.41. The molecule has 0 spiro atoms. The molecule has 0 radical (unpaired) electrons. The van der Waals surface area contributed by atoms with Crippen molar-refractivity contribution in [1.82, 2.24) is 15.0 Å². The van der Waals surface area contributed by atoms with E-state index in [9.17, 15) is 4.79 Å². The van der Waals surface area contributed by atoms with Crippen LogP contribution in [0.4, 0.5) is 5.82 Å². The van der Waals surface area contributed by atoms with Gasteiger partial charge in [0, 0.05) is 6.20 Å². The molecule has 112 valence electrons. The van der Waals surface area contributed by atoms with Crippen LogP contribution in [0.2, 0.25) is 5.02 Å². The number of carbonyl (C=O) groups excluding carboxylic acids is 1. The molecule has 0 aromatic carbocycles. The summed E-state index contributed by atoms with van der Waals surface area (Å²) in [5, 5.41) is 5.76. The van der Waals surface area contributed by atoms with Crippen LogP contribution in [0, 0.1) is 0 Å². The molecule has 5 nitrogen and oxygen atoms in total. The molecule has 3 aromatic heterocycles. The van der Waals surface area contributed by atoms with Gasteiger partial charge in [-0.25, -0.2) is 15.0 Å². The molecular formula is C14H11ClN4OS2. The van der Waals surface area contributed by atoms with E-state index in [1.165, 1.54) is 24.3 Å². The molecule has 8 heteroatoms. The Labute approximate surface area is 140 Å². The highest BCUT2D eigenvalue weighted by Crippen LogP contribution is 2.31. The van der Waals surface area contributed by atoms with Gasteiger partial charge >= 0.3 is 0 Å². The number of thioether (sulfide) groups is 1. The number of thiophene rings is 1. The fourth-order valence-corrected chi connectivity index (χ4v) is 3.70. The molecule has 1 amide bonds. The fourth-order valence-electron chi connectivity index (χ4n) is 1.75. The number of halogens is 1. The maximum absolute atomic E-state index is 12.2. The van der Waals surface area contributed by atoms with Crippen LogP contribution in [-0.2, 0) is 4.79 Å². The van der Waals surface area contributed by atoms with Crippen molar-refractivity contribution in [3.8, 4) is 0 Å². The van der Waals surface area contributed by atoms with Crippen molar-refractivity contribution in [2.45, 2.75) is 17.2 Å². The normalized spacial score (nSPS) is 12.3. The second kappa shape index (κ2) is 6.60. The van der Waals surface area contributed by atoms with Gasteiger partial charge in [0.15, 0.2) is 0 Å². The first-order chi connectivity index (χ1) is 10.6. The number of hydrogen-bond donors (Lipinski definition) is 1. The summed E-state index contributed by atoms with van der Waals surface area (Å²) in [6, 6.07) is 5.29. The number of amides is 1. The van der Waals surface area contributed by atoms with Gasteiger partial charge < -0.3 is 5.32 Å². The van der Waals surface area contributed by atoms with Crippen LogP contribution in [-0.4, -0.2) is 26.1 Å². The van der Waals surface area contributed by atoms with Gasteiger partial charge in [0.1, 0.15) is 17.2 Å². The first kappa shape index (κ1) is 15.2. The Kier molecular flexibility index (Phi) is 4.56. The fraction of sp³-hybridized carbons (Fsp3) is 0.143. The number of aromatic nitrogens is 3. The van der Waals surface area contributed by atoms with Crippen LogP contribution in [0.15, 0.2) is 41.1 Å². The van der Waals surface area contributed by atoms with E-state index in [-0.39, 0.29) is 11.2 Å². The van der Waals surface area contributed by atoms with Crippen molar-refractivity contribution in [1.29, 1.82) is 0 Å². The van der Waals surface area contributed by atoms with E-state index < -0.39 is 0 Å². The number of nitrogens with one attached hydrogen (secondary N) is 1. The molecule has 0 saturated heterocycles. The third kappa shape index (κ3) is 3.37. The number of carbonyl (C=O) groups is 1. The number of nitrogens with zero attached hydrogens (tertiary/aromatic N) is 3. The zero-order chi connectivity index (χ0) is 15.5. The first-order valence-corrected chi connectivity index (χ1v) is 8.54. The summed E-state index contributed by atoms with van der Waals surface area (Å²) in [5.74, 6) is 0.342. The minimum atomic E-state index is -0.308. The minimum Gasteiger partial charge on any atom is -0.310 e. The van der Waals surface area contributed by atoms with Gasteiger partial charge in [-0.3, -0.25) is 4.79 Å². The van der Waals surface area contributed by atoms with E-state index in [0.29, 0.717) is 10.8 Å². The second-order valence-electron chi connectivity index (χ2n) is 4.42. The SMILES string of the molecule is CC(Sc1ncnc2ccsc12)C(=O)Nc1ccc(Cl)cn1. The van der Waals surface area contributed by atoms with Gasteiger partial charge in [-0.05, 0) is 30.5 Å². The Bertz CT molecular complexity index is 806. The standard InChI is InChI=1S/C14H11ClN4OS2/c1-8(13(20)19-11-3-2-9(15)6-16-11)22-14-12-10(4-5-21-12)17-7-18-14/h2-8H,1H3,(H,16,19,20). The summed E-state index contributed by atoms with van der Waals surface area (Å²) in [4.78, 5) is 24.7. The molecule has 0 aliphatic carbocycles. The molecule has 0 aliphatic heterocycles. The van der Waals surface area contributed by atoms with E-state index in [4.69, 9.17) is 11.6 Å². The largest absolute Gasteiger partial charge is 0.310 e. The summed E-state index contributed by atoms with van der Waals surface area (Å²) in [6.07, 6.45) is 3.01. The lowest BCUT2D eigenvalue weighted by Gasteiger charge is -2.11. The monoisotopic (exact) mass is 350 g/mol. The van der Waals surface area contributed by atoms with Gasteiger partial charge in [0.2, 0.25) is 5.91 Å². The average Bonchev–Trinajstić information content (AvgIpc) is 2.99. The number of anilines is 1. The van der Waals surface area contributed by atoms with Gasteiger partial charge in [-0.2, -0.15) is 0 Å². The lowest BCUT2D eigenvalue weighted by Crippen LogP contribution is -2.23. The molecule has 22 heavy (non-hydrogen) atoms. The highest BCUT2D eigenvalue weighted by atomic mass is 35.5. The van der Waals surface area contributed by atoms with E-state index in [0.717, 1.165) is 15.2 Å². The Morgan fingerprint density at radius 2 is 2.18 bits per heavy atom. The van der Waals surface area contributed by atoms with Crippen LogP contribution in [0.25, 0.3) is 10.2 Å². The van der Waals surface area contributed by atoms with Crippen LogP contribution in [0.5, 0.6) is 0 Å². The molecule has 3 heterocycles. The molecule has 0 aliphatic rings. The van der Waals surface area contributed by atoms with Crippen molar-refractivity contribution in [2.24, 2.45) is 0 Å². The number of rotatable bonds is 4. The third-order valence-electron chi connectivity index (χ3n) is 2.85. The summed E-state index contributed by atoms with van der Waals surface area (Å²) in [6.45, 7) is 1.83. The second-order valence-corrected chi connectivity index (χ2v) is 7.11. The summed E-state index contributed by atoms with van der Waals surface area (Å²) in [7, 11) is 0. The summed E-state index contributed by atoms with van der Waals surface area (Å²) < 4.78 is 0.997. The Morgan fingerprint density at radius 1 is 1.32 bits per heavy atom. The maximum Gasteiger partial charge on any atom is 0.238 e. The average molecular weight is 351 g/mol. The minimum absolute atomic E-state index is 0.136. The zero-order valence-corrected chi connectivity index (χ0v) is 13.9. The Hall–Kier alpha value is -1.70. The number of fused-ring (bicyclic) bond motifs is 1. The molecule has 1 N–H and O–H groups in total. The van der Waals surface area contributed by atoms with E-state index in [1.807, 2.05) is 18.4 Å². The Balaban J connectivity index is 1.71. The highest BCUT2D eigenvalue weighted by Gasteiger charge is 2.18. The van der Waals surface area contributed by atoms with Crippen molar-refractivity contribution < 1.29 is 4.79 Å². The molecule has 3 rings (SSSR count). The van der Waals surface area contributed by atoms with Gasteiger partial charge in [-0.1, -0.05) is 23.4 Å². The predicted molar refractivity (Wildman–Crippen MR) is 90.6 cm³/mol. The van der Waals surface area contributed by atoms with E-state index in [2.05, 4.69) is 20.3 Å². The van der Waals surface area contributed by atoms with Crippen LogP contribution >= 0.6 is 34.7 Å². The topological polar surface area (TPSA) is 67.8 Å². The lowest BCUT2D eigenvalue weighted by atomic mass is 10.4. The van der Waals surface area contributed by atoms with Gasteiger partial charge in [0.05, 0.1) is 20.5 Å². The summed E-state index contributed by atoms with van der Waals surface area (Å²) >= 11 is 8.74. The van der Waals surface area contributed by atoms with E-state index >= 15 is 0 Å². The molecule has 0 fully saturated rings. The van der Waals surface area contributed by atoms with Crippen molar-refractivity contribution in [3.63, 3.8) is 0 Å². The molecule has 0 saturated carbocycles. The smallest absolute Gasteiger partial charge is 0.238 e. The molecule has 1 unspecified atom stereocenters.